The van der Waals surface area contributed by atoms with Crippen LogP contribution >= 0.6 is 0 Å². The van der Waals surface area contributed by atoms with Gasteiger partial charge >= 0.3 is 0 Å². The van der Waals surface area contributed by atoms with E-state index < -0.39 is 0 Å². The van der Waals surface area contributed by atoms with E-state index >= 15 is 0 Å². The molecule has 0 heterocycles. The average molecular weight is 200 g/mol. The molecule has 2 N–H and O–H groups in total. The molecule has 0 amide bonds. The molecule has 0 aromatic heterocycles. The maximum absolute atomic E-state index is 9.21. The molecule has 1 saturated carbocycles. The van der Waals surface area contributed by atoms with Gasteiger partial charge in [0.15, 0.2) is 0 Å². The maximum atomic E-state index is 9.21. The number of hydrogen-bond acceptors (Lipinski definition) is 3. The number of nitrogens with one attached hydrogen (secondary N) is 1. The quantitative estimate of drug-likeness (QED) is 0.609. The third-order valence-corrected chi connectivity index (χ3v) is 2.83. The summed E-state index contributed by atoms with van der Waals surface area (Å²) in [6, 6.07) is 1.06. The third-order valence-electron chi connectivity index (χ3n) is 2.83. The first-order chi connectivity index (χ1) is 6.81. The highest BCUT2D eigenvalue weighted by Crippen LogP contribution is 2.26. The van der Waals surface area contributed by atoms with Crippen molar-refractivity contribution in [1.29, 1.82) is 0 Å². The van der Waals surface area contributed by atoms with Gasteiger partial charge in [-0.3, -0.25) is 4.90 Å². The lowest BCUT2D eigenvalue weighted by Gasteiger charge is -2.25. The average Bonchev–Trinajstić information content (AvgIpc) is 3.02. The van der Waals surface area contributed by atoms with Crippen molar-refractivity contribution >= 4 is 0 Å². The molecular formula is C11H24N2O. The van der Waals surface area contributed by atoms with Gasteiger partial charge in [-0.15, -0.1) is 0 Å². The number of hydrogen-bond donors (Lipinski definition) is 2. The minimum absolute atomic E-state index is 0.253. The van der Waals surface area contributed by atoms with Crippen LogP contribution in [0, 0.1) is 0 Å². The van der Waals surface area contributed by atoms with Crippen LogP contribution in [-0.4, -0.2) is 48.3 Å². The third kappa shape index (κ3) is 3.95. The fourth-order valence-electron chi connectivity index (χ4n) is 1.79. The zero-order valence-corrected chi connectivity index (χ0v) is 9.50. The summed E-state index contributed by atoms with van der Waals surface area (Å²) in [6.07, 6.45) is 3.82. The van der Waals surface area contributed by atoms with Gasteiger partial charge in [-0.1, -0.05) is 13.8 Å². The smallest absolute Gasteiger partial charge is 0.0597 e. The summed E-state index contributed by atoms with van der Waals surface area (Å²) in [6.45, 7) is 7.72. The molecule has 0 spiro atoms. The molecule has 84 valence electrons. The predicted molar refractivity (Wildman–Crippen MR) is 59.4 cm³/mol. The molecule has 3 heteroatoms. The van der Waals surface area contributed by atoms with Crippen LogP contribution in [0.3, 0.4) is 0 Å². The van der Waals surface area contributed by atoms with Crippen molar-refractivity contribution in [3.63, 3.8) is 0 Å². The molecule has 1 fully saturated rings. The van der Waals surface area contributed by atoms with E-state index in [0.717, 1.165) is 32.1 Å². The lowest BCUT2D eigenvalue weighted by Crippen LogP contribution is -2.44. The second kappa shape index (κ2) is 6.38. The molecule has 3 nitrogen and oxygen atoms in total. The zero-order valence-electron chi connectivity index (χ0n) is 9.50. The molecule has 1 atom stereocenters. The first-order valence-electron chi connectivity index (χ1n) is 5.90. The molecule has 1 aliphatic rings. The second-order valence-electron chi connectivity index (χ2n) is 4.15. The van der Waals surface area contributed by atoms with Crippen molar-refractivity contribution in [3.8, 4) is 0 Å². The Morgan fingerprint density at radius 3 is 2.57 bits per heavy atom. The maximum Gasteiger partial charge on any atom is 0.0597 e. The number of likely N-dealkylation sites (N-methyl/N-ethyl adjacent to an activating group) is 1. The Hall–Kier alpha value is -0.120. The van der Waals surface area contributed by atoms with Gasteiger partial charge in [0.25, 0.3) is 0 Å². The molecule has 0 radical (unpaired) electrons. The van der Waals surface area contributed by atoms with Crippen LogP contribution < -0.4 is 5.32 Å². The van der Waals surface area contributed by atoms with Gasteiger partial charge in [0, 0.05) is 18.6 Å². The van der Waals surface area contributed by atoms with Gasteiger partial charge in [0.05, 0.1) is 6.61 Å². The van der Waals surface area contributed by atoms with E-state index in [4.69, 9.17) is 0 Å². The summed E-state index contributed by atoms with van der Waals surface area (Å²) in [4.78, 5) is 2.48. The van der Waals surface area contributed by atoms with Gasteiger partial charge in [-0.2, -0.15) is 0 Å². The van der Waals surface area contributed by atoms with Crippen molar-refractivity contribution in [2.75, 3.05) is 26.2 Å². The molecule has 1 rings (SSSR count). The Balaban J connectivity index is 2.22. The SMILES string of the molecule is CCCNC(CO)CN(CC)C1CC1. The highest BCUT2D eigenvalue weighted by Gasteiger charge is 2.28. The minimum atomic E-state index is 0.253. The van der Waals surface area contributed by atoms with Crippen molar-refractivity contribution in [2.24, 2.45) is 0 Å². The van der Waals surface area contributed by atoms with E-state index in [2.05, 4.69) is 24.1 Å². The molecule has 14 heavy (non-hydrogen) atoms. The zero-order chi connectivity index (χ0) is 10.4. The van der Waals surface area contributed by atoms with Crippen LogP contribution in [0.2, 0.25) is 0 Å². The molecule has 0 bridgehead atoms. The van der Waals surface area contributed by atoms with E-state index in [1.165, 1.54) is 12.8 Å². The van der Waals surface area contributed by atoms with E-state index in [0.29, 0.717) is 0 Å². The Morgan fingerprint density at radius 2 is 2.14 bits per heavy atom. The standard InChI is InChI=1S/C11H24N2O/c1-3-7-12-10(9-14)8-13(4-2)11-5-6-11/h10-12,14H,3-9H2,1-2H3. The fraction of sp³-hybridized carbons (Fsp3) is 1.00. The summed E-state index contributed by atoms with van der Waals surface area (Å²) in [5, 5.41) is 12.6. The minimum Gasteiger partial charge on any atom is -0.395 e. The summed E-state index contributed by atoms with van der Waals surface area (Å²) >= 11 is 0. The first kappa shape index (κ1) is 12.0. The number of rotatable bonds is 8. The van der Waals surface area contributed by atoms with E-state index in [-0.39, 0.29) is 12.6 Å². The molecule has 1 aliphatic carbocycles. The van der Waals surface area contributed by atoms with Crippen molar-refractivity contribution in [2.45, 2.75) is 45.2 Å². The largest absolute Gasteiger partial charge is 0.395 e. The summed E-state index contributed by atoms with van der Waals surface area (Å²) in [5.41, 5.74) is 0. The molecule has 0 saturated heterocycles. The van der Waals surface area contributed by atoms with E-state index in [1.807, 2.05) is 0 Å². The molecular weight excluding hydrogens is 176 g/mol. The monoisotopic (exact) mass is 200 g/mol. The van der Waals surface area contributed by atoms with Gasteiger partial charge in [-0.05, 0) is 32.4 Å². The van der Waals surface area contributed by atoms with E-state index in [9.17, 15) is 5.11 Å². The Morgan fingerprint density at radius 1 is 1.43 bits per heavy atom. The van der Waals surface area contributed by atoms with Gasteiger partial charge in [0.2, 0.25) is 0 Å². The summed E-state index contributed by atoms with van der Waals surface area (Å²) in [5.74, 6) is 0. The topological polar surface area (TPSA) is 35.5 Å². The highest BCUT2D eigenvalue weighted by molar-refractivity contribution is 4.86. The van der Waals surface area contributed by atoms with Crippen molar-refractivity contribution in [3.05, 3.63) is 0 Å². The Kier molecular flexibility index (Phi) is 5.45. The molecule has 0 aromatic carbocycles. The Labute approximate surface area is 87.5 Å². The first-order valence-corrected chi connectivity index (χ1v) is 5.90. The van der Waals surface area contributed by atoms with Crippen molar-refractivity contribution in [1.82, 2.24) is 10.2 Å². The summed E-state index contributed by atoms with van der Waals surface area (Å²) in [7, 11) is 0. The number of nitrogens with zero attached hydrogens (tertiary/aromatic N) is 1. The van der Waals surface area contributed by atoms with Gasteiger partial charge in [-0.25, -0.2) is 0 Å². The fourth-order valence-corrected chi connectivity index (χ4v) is 1.79. The number of aliphatic hydroxyl groups excluding tert-OH is 1. The molecule has 1 unspecified atom stereocenters. The predicted octanol–water partition coefficient (Wildman–Crippen LogP) is 0.831. The van der Waals surface area contributed by atoms with E-state index in [1.54, 1.807) is 0 Å². The van der Waals surface area contributed by atoms with Gasteiger partial charge < -0.3 is 10.4 Å². The van der Waals surface area contributed by atoms with Crippen LogP contribution in [-0.2, 0) is 0 Å². The highest BCUT2D eigenvalue weighted by atomic mass is 16.3. The normalized spacial score (nSPS) is 18.9. The lowest BCUT2D eigenvalue weighted by molar-refractivity contribution is 0.181. The lowest BCUT2D eigenvalue weighted by atomic mass is 10.2. The second-order valence-corrected chi connectivity index (χ2v) is 4.15. The summed E-state index contributed by atoms with van der Waals surface area (Å²) < 4.78 is 0. The van der Waals surface area contributed by atoms with Crippen LogP contribution in [0.5, 0.6) is 0 Å². The molecule has 0 aliphatic heterocycles. The van der Waals surface area contributed by atoms with Crippen molar-refractivity contribution < 1.29 is 5.11 Å². The number of aliphatic hydroxyl groups is 1. The van der Waals surface area contributed by atoms with Crippen LogP contribution in [0.1, 0.15) is 33.1 Å². The van der Waals surface area contributed by atoms with Gasteiger partial charge in [0.1, 0.15) is 0 Å². The van der Waals surface area contributed by atoms with Crippen LogP contribution in [0.25, 0.3) is 0 Å². The Bertz CT molecular complexity index is 148. The van der Waals surface area contributed by atoms with Crippen LogP contribution in [0.15, 0.2) is 0 Å². The molecule has 0 aromatic rings. The van der Waals surface area contributed by atoms with Crippen LogP contribution in [0.4, 0.5) is 0 Å².